The summed E-state index contributed by atoms with van der Waals surface area (Å²) in [6.07, 6.45) is 5.36. The fraction of sp³-hybridized carbons (Fsp3) is 0.727. The zero-order valence-electron chi connectivity index (χ0n) is 9.52. The number of ether oxygens (including phenoxy) is 1. The highest BCUT2D eigenvalue weighted by Crippen LogP contribution is 1.98. The van der Waals surface area contributed by atoms with E-state index in [1.54, 1.807) is 6.33 Å². The molecule has 1 aromatic heterocycles. The van der Waals surface area contributed by atoms with Crippen LogP contribution in [0.3, 0.4) is 0 Å². The van der Waals surface area contributed by atoms with E-state index >= 15 is 0 Å². The number of aromatic nitrogens is 2. The van der Waals surface area contributed by atoms with Crippen molar-refractivity contribution in [2.75, 3.05) is 13.2 Å². The molecule has 0 aliphatic heterocycles. The van der Waals surface area contributed by atoms with Gasteiger partial charge in [-0.05, 0) is 13.3 Å². The lowest BCUT2D eigenvalue weighted by Crippen LogP contribution is -2.21. The maximum absolute atomic E-state index is 9.64. The van der Waals surface area contributed by atoms with Gasteiger partial charge in [0, 0.05) is 12.8 Å². The van der Waals surface area contributed by atoms with Crippen molar-refractivity contribution in [3.8, 4) is 0 Å². The third kappa shape index (κ3) is 4.95. The van der Waals surface area contributed by atoms with Gasteiger partial charge in [0.25, 0.3) is 0 Å². The fourth-order valence-electron chi connectivity index (χ4n) is 1.33. The van der Waals surface area contributed by atoms with E-state index in [9.17, 15) is 5.11 Å². The molecule has 0 saturated heterocycles. The van der Waals surface area contributed by atoms with Gasteiger partial charge in [-0.3, -0.25) is 0 Å². The molecule has 1 N–H and O–H groups in total. The van der Waals surface area contributed by atoms with Crippen molar-refractivity contribution in [2.45, 2.75) is 39.3 Å². The minimum atomic E-state index is -0.449. The summed E-state index contributed by atoms with van der Waals surface area (Å²) in [6.45, 7) is 5.73. The molecular formula is C11H20N2O2. The molecule has 4 nitrogen and oxygen atoms in total. The van der Waals surface area contributed by atoms with Gasteiger partial charge >= 0.3 is 0 Å². The van der Waals surface area contributed by atoms with Crippen molar-refractivity contribution >= 4 is 0 Å². The predicted molar refractivity (Wildman–Crippen MR) is 58.7 cm³/mol. The fourth-order valence-corrected chi connectivity index (χ4v) is 1.33. The second kappa shape index (κ2) is 6.58. The maximum Gasteiger partial charge on any atom is 0.0952 e. The van der Waals surface area contributed by atoms with E-state index in [4.69, 9.17) is 4.74 Å². The van der Waals surface area contributed by atoms with Crippen molar-refractivity contribution < 1.29 is 9.84 Å². The first-order valence-electron chi connectivity index (χ1n) is 5.46. The van der Waals surface area contributed by atoms with Gasteiger partial charge in [-0.2, -0.15) is 0 Å². The first-order valence-corrected chi connectivity index (χ1v) is 5.46. The second-order valence-corrected chi connectivity index (χ2v) is 3.79. The van der Waals surface area contributed by atoms with E-state index in [1.165, 1.54) is 0 Å². The zero-order chi connectivity index (χ0) is 11.1. The van der Waals surface area contributed by atoms with Gasteiger partial charge in [0.15, 0.2) is 0 Å². The number of rotatable bonds is 7. The number of unbranched alkanes of at least 4 members (excludes halogenated alkanes) is 1. The van der Waals surface area contributed by atoms with E-state index in [0.29, 0.717) is 13.2 Å². The lowest BCUT2D eigenvalue weighted by molar-refractivity contribution is 0.0271. The molecule has 0 fully saturated rings. The summed E-state index contributed by atoms with van der Waals surface area (Å²) < 4.78 is 7.21. The molecule has 0 aromatic carbocycles. The standard InChI is InChI=1S/C11H20N2O2/c1-3-4-5-15-8-11(14)7-13-6-10(2)12-9-13/h6,9,11,14H,3-5,7-8H2,1-2H3. The van der Waals surface area contributed by atoms with Gasteiger partial charge in [0.2, 0.25) is 0 Å². The summed E-state index contributed by atoms with van der Waals surface area (Å²) in [5.74, 6) is 0. The lowest BCUT2D eigenvalue weighted by Gasteiger charge is -2.11. The summed E-state index contributed by atoms with van der Waals surface area (Å²) in [5.41, 5.74) is 0.967. The molecule has 0 bridgehead atoms. The molecule has 1 heterocycles. The van der Waals surface area contributed by atoms with Gasteiger partial charge in [-0.15, -0.1) is 0 Å². The van der Waals surface area contributed by atoms with E-state index in [-0.39, 0.29) is 0 Å². The number of hydrogen-bond donors (Lipinski definition) is 1. The van der Waals surface area contributed by atoms with Gasteiger partial charge in [-0.25, -0.2) is 4.98 Å². The lowest BCUT2D eigenvalue weighted by atomic mass is 10.3. The Morgan fingerprint density at radius 3 is 3.00 bits per heavy atom. The highest BCUT2D eigenvalue weighted by molar-refractivity contribution is 4.92. The first kappa shape index (κ1) is 12.2. The Labute approximate surface area is 90.9 Å². The van der Waals surface area contributed by atoms with Crippen molar-refractivity contribution in [2.24, 2.45) is 0 Å². The van der Waals surface area contributed by atoms with E-state index < -0.39 is 6.10 Å². The third-order valence-corrected chi connectivity index (χ3v) is 2.14. The van der Waals surface area contributed by atoms with Crippen LogP contribution in [0.2, 0.25) is 0 Å². The number of aliphatic hydroxyl groups excluding tert-OH is 1. The zero-order valence-corrected chi connectivity index (χ0v) is 9.52. The van der Waals surface area contributed by atoms with Crippen LogP contribution in [0, 0.1) is 6.92 Å². The minimum Gasteiger partial charge on any atom is -0.389 e. The molecule has 0 aliphatic carbocycles. The van der Waals surface area contributed by atoms with Crippen LogP contribution in [-0.4, -0.2) is 34.0 Å². The predicted octanol–water partition coefficient (Wildman–Crippen LogP) is 1.37. The largest absolute Gasteiger partial charge is 0.389 e. The van der Waals surface area contributed by atoms with Gasteiger partial charge in [-0.1, -0.05) is 13.3 Å². The SMILES string of the molecule is CCCCOCC(O)Cn1cnc(C)c1. The average molecular weight is 212 g/mol. The first-order chi connectivity index (χ1) is 7.22. The normalized spacial score (nSPS) is 13.0. The van der Waals surface area contributed by atoms with E-state index in [0.717, 1.165) is 25.1 Å². The van der Waals surface area contributed by atoms with E-state index in [2.05, 4.69) is 11.9 Å². The number of hydrogen-bond acceptors (Lipinski definition) is 3. The molecule has 1 atom stereocenters. The Bertz CT molecular complexity index is 273. The maximum atomic E-state index is 9.64. The average Bonchev–Trinajstić information content (AvgIpc) is 2.59. The molecule has 1 unspecified atom stereocenters. The van der Waals surface area contributed by atoms with Crippen LogP contribution in [0.1, 0.15) is 25.5 Å². The third-order valence-electron chi connectivity index (χ3n) is 2.14. The summed E-state index contributed by atoms with van der Waals surface area (Å²) >= 11 is 0. The number of aliphatic hydroxyl groups is 1. The molecule has 15 heavy (non-hydrogen) atoms. The molecule has 4 heteroatoms. The van der Waals surface area contributed by atoms with Crippen LogP contribution < -0.4 is 0 Å². The van der Waals surface area contributed by atoms with Crippen LogP contribution in [-0.2, 0) is 11.3 Å². The Hall–Kier alpha value is -0.870. The van der Waals surface area contributed by atoms with Gasteiger partial charge in [0.05, 0.1) is 31.3 Å². The molecule has 1 aromatic rings. The van der Waals surface area contributed by atoms with Crippen LogP contribution >= 0.6 is 0 Å². The summed E-state index contributed by atoms with van der Waals surface area (Å²) in [4.78, 5) is 4.09. The number of aryl methyl sites for hydroxylation is 1. The smallest absolute Gasteiger partial charge is 0.0952 e. The monoisotopic (exact) mass is 212 g/mol. The summed E-state index contributed by atoms with van der Waals surface area (Å²) in [7, 11) is 0. The highest BCUT2D eigenvalue weighted by Gasteiger charge is 2.05. The van der Waals surface area contributed by atoms with Crippen molar-refractivity contribution in [3.63, 3.8) is 0 Å². The number of nitrogens with zero attached hydrogens (tertiary/aromatic N) is 2. The van der Waals surface area contributed by atoms with Gasteiger partial charge in [0.1, 0.15) is 0 Å². The highest BCUT2D eigenvalue weighted by atomic mass is 16.5. The van der Waals surface area contributed by atoms with Crippen molar-refractivity contribution in [1.29, 1.82) is 0 Å². The summed E-state index contributed by atoms with van der Waals surface area (Å²) in [5, 5.41) is 9.64. The molecule has 86 valence electrons. The molecular weight excluding hydrogens is 192 g/mol. The molecule has 0 aliphatic rings. The molecule has 1 rings (SSSR count). The molecule has 0 spiro atoms. The quantitative estimate of drug-likeness (QED) is 0.694. The number of imidazole rings is 1. The Kier molecular flexibility index (Phi) is 5.36. The molecule has 0 saturated carbocycles. The van der Waals surface area contributed by atoms with Crippen molar-refractivity contribution in [3.05, 3.63) is 18.2 Å². The van der Waals surface area contributed by atoms with Crippen molar-refractivity contribution in [1.82, 2.24) is 9.55 Å². The van der Waals surface area contributed by atoms with Crippen LogP contribution in [0.4, 0.5) is 0 Å². The molecule has 0 amide bonds. The van der Waals surface area contributed by atoms with E-state index in [1.807, 2.05) is 17.7 Å². The second-order valence-electron chi connectivity index (χ2n) is 3.79. The molecule has 0 radical (unpaired) electrons. The topological polar surface area (TPSA) is 47.3 Å². The Morgan fingerprint density at radius 2 is 2.40 bits per heavy atom. The van der Waals surface area contributed by atoms with Crippen LogP contribution in [0.25, 0.3) is 0 Å². The Morgan fingerprint density at radius 1 is 1.60 bits per heavy atom. The Balaban J connectivity index is 2.15. The van der Waals surface area contributed by atoms with Crippen LogP contribution in [0.5, 0.6) is 0 Å². The van der Waals surface area contributed by atoms with Crippen LogP contribution in [0.15, 0.2) is 12.5 Å². The minimum absolute atomic E-state index is 0.400. The van der Waals surface area contributed by atoms with Gasteiger partial charge < -0.3 is 14.4 Å². The summed E-state index contributed by atoms with van der Waals surface area (Å²) in [6, 6.07) is 0.